The second-order valence-electron chi connectivity index (χ2n) is 23.1. The number of nitrogens with zero attached hydrogens (tertiary/aromatic N) is 4. The van der Waals surface area contributed by atoms with Gasteiger partial charge in [-0.05, 0) is 58.4 Å². The first-order valence-corrected chi connectivity index (χ1v) is 31.1. The highest BCUT2D eigenvalue weighted by Gasteiger charge is 2.56. The van der Waals surface area contributed by atoms with E-state index in [-0.39, 0.29) is 10.8 Å². The van der Waals surface area contributed by atoms with Gasteiger partial charge in [-0.25, -0.2) is 0 Å². The number of hydrogen-bond donors (Lipinski definition) is 0. The summed E-state index contributed by atoms with van der Waals surface area (Å²) in [5, 5.41) is 7.82. The van der Waals surface area contributed by atoms with Crippen LogP contribution in [0, 0.1) is 0 Å². The first kappa shape index (κ1) is 53.5. The van der Waals surface area contributed by atoms with Crippen LogP contribution in [0.5, 0.6) is 0 Å². The summed E-state index contributed by atoms with van der Waals surface area (Å²) in [6, 6.07) is 79.1. The van der Waals surface area contributed by atoms with Crippen molar-refractivity contribution in [2.45, 2.75) is 61.0 Å². The Labute approximate surface area is 504 Å². The van der Waals surface area contributed by atoms with Crippen molar-refractivity contribution in [3.8, 4) is 21.1 Å². The standard InChI is InChI=1S/C64H52B2N4S2.2CHCl3/c1-63(2,3)41-35-37-49-47(39-41)55-57-60-56(58-59(55)67(49)65(43-23-11-7-12-24-43,44-25-13-8-14-26-44)70-52-32-20-22-34-54(52)72-62(58)70)48-40-42(64(4,5)6)36-38-50(48)68(60)66(45-27-15-9-16-28-45,46-29-17-10-18-30-46)69-51-31-19-21-33-53(51)71-61(57)69;2*2-1(3)4/h7-40H,1-6H3;2*1H. The third-order valence-electron chi connectivity index (χ3n) is 16.8. The van der Waals surface area contributed by atoms with Gasteiger partial charge in [0.1, 0.15) is 0 Å². The van der Waals surface area contributed by atoms with E-state index < -0.39 is 21.4 Å². The van der Waals surface area contributed by atoms with E-state index in [4.69, 9.17) is 69.6 Å². The SMILES string of the molecule is CC(C)(C)c1ccc2c(c1)c1c3c4c(c5c1n2[B-](c1ccccc1)(c1ccccc1)[n+]1c-5sc2ccccc21)c1cc(C(C)(C)C)ccc1n4[B-](c1ccccc1)(c1ccccc1)[n+]1c-3sc2ccccc21.ClC(Cl)Cl.ClC(Cl)Cl. The number of hydrogen-bond acceptors (Lipinski definition) is 2. The molecular weight excluding hydrogens is 1150 g/mol. The maximum Gasteiger partial charge on any atom is 0.436 e. The minimum Gasteiger partial charge on any atom is -0.446 e. The summed E-state index contributed by atoms with van der Waals surface area (Å²) in [5.74, 6) is 0. The monoisotopic (exact) mass is 1200 g/mol. The lowest BCUT2D eigenvalue weighted by molar-refractivity contribution is -0.498. The molecule has 0 radical (unpaired) electrons. The molecule has 398 valence electrons. The molecule has 0 saturated heterocycles. The van der Waals surface area contributed by atoms with Crippen molar-refractivity contribution in [2.75, 3.05) is 0 Å². The van der Waals surface area contributed by atoms with Crippen LogP contribution < -0.4 is 30.8 Å². The highest BCUT2D eigenvalue weighted by molar-refractivity contribution is 7.22. The van der Waals surface area contributed by atoms with Crippen LogP contribution in [-0.4, -0.2) is 30.4 Å². The van der Waals surface area contributed by atoms with Gasteiger partial charge in [-0.15, -0.1) is 21.9 Å². The van der Waals surface area contributed by atoms with Crippen molar-refractivity contribution in [3.05, 3.63) is 217 Å². The lowest BCUT2D eigenvalue weighted by Gasteiger charge is -2.43. The largest absolute Gasteiger partial charge is 0.446 e. The van der Waals surface area contributed by atoms with Crippen molar-refractivity contribution >= 4 is 191 Å². The van der Waals surface area contributed by atoms with E-state index in [1.165, 1.54) is 118 Å². The van der Waals surface area contributed by atoms with Gasteiger partial charge in [-0.3, -0.25) is 0 Å². The van der Waals surface area contributed by atoms with Crippen LogP contribution in [-0.2, 0) is 10.8 Å². The summed E-state index contributed by atoms with van der Waals surface area (Å²) in [7, 11) is 0. The molecule has 14 heteroatoms. The molecule has 13 aromatic rings. The molecule has 0 fully saturated rings. The molecule has 4 aromatic heterocycles. The van der Waals surface area contributed by atoms with Crippen LogP contribution in [0.2, 0.25) is 0 Å². The third-order valence-corrected chi connectivity index (χ3v) is 19.1. The summed E-state index contributed by atoms with van der Waals surface area (Å²) in [6.45, 7) is 14.2. The number of para-hydroxylation sites is 2. The predicted molar refractivity (Wildman–Crippen MR) is 352 cm³/mol. The highest BCUT2D eigenvalue weighted by atomic mass is 35.6. The summed E-state index contributed by atoms with van der Waals surface area (Å²) < 4.78 is 12.4. The fourth-order valence-electron chi connectivity index (χ4n) is 13.8. The summed E-state index contributed by atoms with van der Waals surface area (Å²) in [5.41, 5.74) is 17.8. The molecule has 6 heterocycles. The molecule has 80 heavy (non-hydrogen) atoms. The zero-order valence-electron chi connectivity index (χ0n) is 44.8. The fraction of sp³-hybridized carbons (Fsp3) is 0.152. The molecule has 2 aliphatic rings. The summed E-state index contributed by atoms with van der Waals surface area (Å²) in [6.07, 6.45) is -3.89. The van der Waals surface area contributed by atoms with Crippen LogP contribution in [0.3, 0.4) is 0 Å². The minimum atomic E-state index is -1.95. The van der Waals surface area contributed by atoms with Crippen LogP contribution in [0.25, 0.3) is 85.2 Å². The van der Waals surface area contributed by atoms with Crippen LogP contribution in [0.4, 0.5) is 0 Å². The maximum atomic E-state index is 4.81. The maximum absolute atomic E-state index is 4.81. The summed E-state index contributed by atoms with van der Waals surface area (Å²) >= 11 is 32.8. The van der Waals surface area contributed by atoms with E-state index >= 15 is 0 Å². The van der Waals surface area contributed by atoms with E-state index in [9.17, 15) is 0 Å². The number of aromatic nitrogens is 4. The molecule has 0 saturated carbocycles. The third kappa shape index (κ3) is 7.99. The van der Waals surface area contributed by atoms with E-state index in [1.807, 2.05) is 22.7 Å². The molecule has 0 atom stereocenters. The van der Waals surface area contributed by atoms with Gasteiger partial charge in [0.15, 0.2) is 19.6 Å². The molecule has 2 aliphatic heterocycles. The van der Waals surface area contributed by atoms with Gasteiger partial charge in [0, 0.05) is 55.7 Å². The van der Waals surface area contributed by atoms with Crippen molar-refractivity contribution in [3.63, 3.8) is 0 Å². The topological polar surface area (TPSA) is 17.6 Å². The Morgan fingerprint density at radius 3 is 0.975 bits per heavy atom. The highest BCUT2D eigenvalue weighted by Crippen LogP contribution is 2.56. The lowest BCUT2D eigenvalue weighted by atomic mass is 9.35. The quantitative estimate of drug-likeness (QED) is 0.123. The van der Waals surface area contributed by atoms with Gasteiger partial charge >= 0.3 is 12.8 Å². The number of alkyl halides is 6. The molecule has 9 aromatic carbocycles. The average molecular weight is 1200 g/mol. The molecule has 0 N–H and O–H groups in total. The molecule has 0 bridgehead atoms. The minimum absolute atomic E-state index is 0.0910. The Morgan fingerprint density at radius 2 is 0.675 bits per heavy atom. The molecule has 0 amide bonds. The Bertz CT molecular complexity index is 4170. The van der Waals surface area contributed by atoms with Gasteiger partial charge in [0.2, 0.25) is 10.0 Å². The van der Waals surface area contributed by atoms with E-state index in [0.717, 1.165) is 0 Å². The second kappa shape index (κ2) is 20.0. The lowest BCUT2D eigenvalue weighted by Crippen LogP contribution is -2.84. The van der Waals surface area contributed by atoms with Crippen LogP contribution in [0.1, 0.15) is 52.7 Å². The van der Waals surface area contributed by atoms with Crippen LogP contribution >= 0.6 is 92.3 Å². The Balaban J connectivity index is 0.000000712. The van der Waals surface area contributed by atoms with Gasteiger partial charge < -0.3 is 17.9 Å². The number of benzene rings is 9. The van der Waals surface area contributed by atoms with Gasteiger partial charge in [0.05, 0.1) is 20.5 Å². The van der Waals surface area contributed by atoms with E-state index in [2.05, 4.69) is 266 Å². The van der Waals surface area contributed by atoms with E-state index in [0.29, 0.717) is 0 Å². The van der Waals surface area contributed by atoms with Crippen molar-refractivity contribution in [1.29, 1.82) is 0 Å². The summed E-state index contributed by atoms with van der Waals surface area (Å²) in [4.78, 5) is 0. The van der Waals surface area contributed by atoms with Crippen molar-refractivity contribution in [2.24, 2.45) is 0 Å². The molecule has 0 unspecified atom stereocenters. The molecule has 4 nitrogen and oxygen atoms in total. The number of thiazole rings is 2. The zero-order chi connectivity index (χ0) is 55.6. The number of halogens is 6. The van der Waals surface area contributed by atoms with E-state index in [1.54, 1.807) is 0 Å². The first-order valence-electron chi connectivity index (χ1n) is 26.9. The molecule has 0 aliphatic carbocycles. The zero-order valence-corrected chi connectivity index (χ0v) is 51.0. The number of rotatable bonds is 4. The van der Waals surface area contributed by atoms with Crippen LogP contribution in [0.15, 0.2) is 206 Å². The second-order valence-corrected chi connectivity index (χ2v) is 29.1. The Hall–Kier alpha value is -5.77. The van der Waals surface area contributed by atoms with Crippen molar-refractivity contribution in [1.82, 2.24) is 8.96 Å². The predicted octanol–water partition coefficient (Wildman–Crippen LogP) is 16.7. The van der Waals surface area contributed by atoms with Crippen molar-refractivity contribution < 1.29 is 8.96 Å². The molecule has 0 spiro atoms. The number of fused-ring (bicyclic) bond motifs is 16. The van der Waals surface area contributed by atoms with Gasteiger partial charge in [-0.2, -0.15) is 0 Å². The molecular formula is C66H54B2Cl6N4S2. The van der Waals surface area contributed by atoms with Gasteiger partial charge in [0.25, 0.3) is 0 Å². The molecule has 15 rings (SSSR count). The Kier molecular flexibility index (Phi) is 13.4. The first-order chi connectivity index (χ1) is 38.5. The smallest absolute Gasteiger partial charge is 0.436 e. The Morgan fingerprint density at radius 1 is 0.388 bits per heavy atom. The normalized spacial score (nSPS) is 14.2. The fourth-order valence-corrected chi connectivity index (χ4v) is 16.3. The van der Waals surface area contributed by atoms with Gasteiger partial charge in [-0.1, -0.05) is 292 Å². The average Bonchev–Trinajstić information content (AvgIpc) is 4.04.